The molecule has 0 unspecified atom stereocenters. The molecule has 0 aliphatic rings. The monoisotopic (exact) mass is 217 g/mol. The zero-order valence-electron chi connectivity index (χ0n) is 8.90. The molecule has 0 saturated heterocycles. The largest absolute Gasteiger partial charge is 0.465 e. The summed E-state index contributed by atoms with van der Waals surface area (Å²) in [6.45, 7) is 0. The highest BCUT2D eigenvalue weighted by molar-refractivity contribution is 5.91. The van der Waals surface area contributed by atoms with E-state index < -0.39 is 5.97 Å². The molecule has 0 heterocycles. The number of nitriles is 1. The van der Waals surface area contributed by atoms with E-state index in [1.807, 2.05) is 6.07 Å². The molecule has 0 amide bonds. The maximum absolute atomic E-state index is 11.4. The standard InChI is InChI=1S/C12H11NO3/c1-16-12(15)11-5-4-9(8-13)7-10(11)3-2-6-14/h4-7H,2-3H2,1H3. The van der Waals surface area contributed by atoms with Crippen molar-refractivity contribution >= 4 is 12.3 Å². The highest BCUT2D eigenvalue weighted by atomic mass is 16.5. The van der Waals surface area contributed by atoms with Crippen LogP contribution in [-0.2, 0) is 16.0 Å². The lowest BCUT2D eigenvalue weighted by Gasteiger charge is -2.06. The van der Waals surface area contributed by atoms with E-state index in [1.54, 1.807) is 18.2 Å². The lowest BCUT2D eigenvalue weighted by atomic mass is 10.0. The van der Waals surface area contributed by atoms with Gasteiger partial charge in [0, 0.05) is 6.42 Å². The van der Waals surface area contributed by atoms with Gasteiger partial charge in [0.05, 0.1) is 24.3 Å². The maximum Gasteiger partial charge on any atom is 0.338 e. The summed E-state index contributed by atoms with van der Waals surface area (Å²) in [5.41, 5.74) is 1.54. The number of nitrogens with zero attached hydrogens (tertiary/aromatic N) is 1. The summed E-state index contributed by atoms with van der Waals surface area (Å²) in [7, 11) is 1.30. The van der Waals surface area contributed by atoms with Gasteiger partial charge in [-0.05, 0) is 30.2 Å². The Morgan fingerprint density at radius 3 is 2.88 bits per heavy atom. The van der Waals surface area contributed by atoms with Crippen molar-refractivity contribution in [1.29, 1.82) is 5.26 Å². The summed E-state index contributed by atoms with van der Waals surface area (Å²) in [5, 5.41) is 8.74. The smallest absolute Gasteiger partial charge is 0.338 e. The van der Waals surface area contributed by atoms with Gasteiger partial charge in [0.25, 0.3) is 0 Å². The zero-order valence-corrected chi connectivity index (χ0v) is 8.90. The maximum atomic E-state index is 11.4. The van der Waals surface area contributed by atoms with Crippen LogP contribution in [0.1, 0.15) is 27.9 Å². The van der Waals surface area contributed by atoms with Crippen LogP contribution in [0.3, 0.4) is 0 Å². The second-order valence-corrected chi connectivity index (χ2v) is 3.18. The van der Waals surface area contributed by atoms with Crippen LogP contribution in [0.2, 0.25) is 0 Å². The summed E-state index contributed by atoms with van der Waals surface area (Å²) in [6, 6.07) is 6.69. The first-order chi connectivity index (χ1) is 7.72. The lowest BCUT2D eigenvalue weighted by Crippen LogP contribution is -2.06. The van der Waals surface area contributed by atoms with Gasteiger partial charge in [-0.3, -0.25) is 0 Å². The molecule has 0 aliphatic heterocycles. The predicted octanol–water partition coefficient (Wildman–Crippen LogP) is 1.48. The summed E-state index contributed by atoms with van der Waals surface area (Å²) >= 11 is 0. The van der Waals surface area contributed by atoms with Gasteiger partial charge >= 0.3 is 5.97 Å². The van der Waals surface area contributed by atoms with Gasteiger partial charge < -0.3 is 9.53 Å². The molecule has 1 rings (SSSR count). The Kier molecular flexibility index (Phi) is 4.22. The van der Waals surface area contributed by atoms with Crippen LogP contribution in [0.25, 0.3) is 0 Å². The Bertz CT molecular complexity index is 446. The van der Waals surface area contributed by atoms with Crippen molar-refractivity contribution in [2.75, 3.05) is 7.11 Å². The van der Waals surface area contributed by atoms with E-state index in [2.05, 4.69) is 4.74 Å². The summed E-state index contributed by atoms with van der Waals surface area (Å²) in [5.74, 6) is -0.453. The van der Waals surface area contributed by atoms with Gasteiger partial charge in [-0.2, -0.15) is 5.26 Å². The normalized spacial score (nSPS) is 9.25. The minimum atomic E-state index is -0.453. The molecule has 0 bridgehead atoms. The van der Waals surface area contributed by atoms with Gasteiger partial charge in [0.15, 0.2) is 0 Å². The van der Waals surface area contributed by atoms with Crippen LogP contribution < -0.4 is 0 Å². The van der Waals surface area contributed by atoms with Gasteiger partial charge in [-0.1, -0.05) is 0 Å². The molecule has 0 aromatic heterocycles. The van der Waals surface area contributed by atoms with Crippen molar-refractivity contribution in [1.82, 2.24) is 0 Å². The number of aryl methyl sites for hydroxylation is 1. The number of hydrogen-bond donors (Lipinski definition) is 0. The topological polar surface area (TPSA) is 67.2 Å². The first-order valence-corrected chi connectivity index (χ1v) is 4.78. The van der Waals surface area contributed by atoms with Crippen molar-refractivity contribution in [2.45, 2.75) is 12.8 Å². The third-order valence-electron chi connectivity index (χ3n) is 2.17. The Morgan fingerprint density at radius 1 is 1.56 bits per heavy atom. The van der Waals surface area contributed by atoms with Crippen LogP contribution in [0, 0.1) is 11.3 Å². The van der Waals surface area contributed by atoms with Crippen molar-refractivity contribution in [3.05, 3.63) is 34.9 Å². The number of aldehydes is 1. The fourth-order valence-electron chi connectivity index (χ4n) is 1.39. The SMILES string of the molecule is COC(=O)c1ccc(C#N)cc1CCC=O. The van der Waals surface area contributed by atoms with E-state index in [0.29, 0.717) is 29.5 Å². The fraction of sp³-hybridized carbons (Fsp3) is 0.250. The minimum absolute atomic E-state index is 0.318. The molecular weight excluding hydrogens is 206 g/mol. The van der Waals surface area contributed by atoms with Crippen molar-refractivity contribution in [3.63, 3.8) is 0 Å². The van der Waals surface area contributed by atoms with E-state index >= 15 is 0 Å². The van der Waals surface area contributed by atoms with Crippen LogP contribution >= 0.6 is 0 Å². The average molecular weight is 217 g/mol. The molecule has 0 N–H and O–H groups in total. The van der Waals surface area contributed by atoms with E-state index in [-0.39, 0.29) is 0 Å². The summed E-state index contributed by atoms with van der Waals surface area (Å²) in [6.07, 6.45) is 1.53. The molecule has 0 fully saturated rings. The molecule has 4 nitrogen and oxygen atoms in total. The number of ether oxygens (including phenoxy) is 1. The molecular formula is C12H11NO3. The number of hydrogen-bond acceptors (Lipinski definition) is 4. The number of methoxy groups -OCH3 is 1. The lowest BCUT2D eigenvalue weighted by molar-refractivity contribution is -0.107. The first-order valence-electron chi connectivity index (χ1n) is 4.78. The summed E-state index contributed by atoms with van der Waals surface area (Å²) in [4.78, 5) is 21.7. The number of rotatable bonds is 4. The zero-order chi connectivity index (χ0) is 12.0. The van der Waals surface area contributed by atoms with Gasteiger partial charge in [0.1, 0.15) is 6.29 Å². The van der Waals surface area contributed by atoms with Crippen LogP contribution in [-0.4, -0.2) is 19.4 Å². The van der Waals surface area contributed by atoms with E-state index in [1.165, 1.54) is 7.11 Å². The highest BCUT2D eigenvalue weighted by Crippen LogP contribution is 2.14. The first kappa shape index (κ1) is 11.9. The van der Waals surface area contributed by atoms with Gasteiger partial charge in [-0.25, -0.2) is 4.79 Å². The molecule has 16 heavy (non-hydrogen) atoms. The Morgan fingerprint density at radius 2 is 2.31 bits per heavy atom. The molecule has 0 atom stereocenters. The van der Waals surface area contributed by atoms with Crippen molar-refractivity contribution in [2.24, 2.45) is 0 Å². The summed E-state index contributed by atoms with van der Waals surface area (Å²) < 4.78 is 4.62. The Balaban J connectivity index is 3.11. The second-order valence-electron chi connectivity index (χ2n) is 3.18. The molecule has 0 saturated carbocycles. The van der Waals surface area contributed by atoms with Gasteiger partial charge in [-0.15, -0.1) is 0 Å². The molecule has 0 radical (unpaired) electrons. The number of benzene rings is 1. The molecule has 0 spiro atoms. The number of esters is 1. The molecule has 1 aromatic rings. The average Bonchev–Trinajstić information content (AvgIpc) is 2.34. The second kappa shape index (κ2) is 5.66. The number of carbonyl (C=O) groups is 2. The third kappa shape index (κ3) is 2.67. The number of carbonyl (C=O) groups excluding carboxylic acids is 2. The minimum Gasteiger partial charge on any atom is -0.465 e. The van der Waals surface area contributed by atoms with Crippen molar-refractivity contribution in [3.8, 4) is 6.07 Å². The van der Waals surface area contributed by atoms with Crippen LogP contribution in [0.5, 0.6) is 0 Å². The van der Waals surface area contributed by atoms with Gasteiger partial charge in [0.2, 0.25) is 0 Å². The Labute approximate surface area is 93.5 Å². The van der Waals surface area contributed by atoms with E-state index in [9.17, 15) is 9.59 Å². The highest BCUT2D eigenvalue weighted by Gasteiger charge is 2.11. The quantitative estimate of drug-likeness (QED) is 0.565. The molecule has 0 aliphatic carbocycles. The Hall–Kier alpha value is -2.15. The third-order valence-corrected chi connectivity index (χ3v) is 2.17. The molecule has 1 aromatic carbocycles. The van der Waals surface area contributed by atoms with E-state index in [0.717, 1.165) is 6.29 Å². The fourth-order valence-corrected chi connectivity index (χ4v) is 1.39. The predicted molar refractivity (Wildman–Crippen MR) is 56.9 cm³/mol. The van der Waals surface area contributed by atoms with Crippen LogP contribution in [0.15, 0.2) is 18.2 Å². The van der Waals surface area contributed by atoms with E-state index in [4.69, 9.17) is 5.26 Å². The molecule has 82 valence electrons. The molecule has 4 heteroatoms. The van der Waals surface area contributed by atoms with Crippen molar-refractivity contribution < 1.29 is 14.3 Å². The van der Waals surface area contributed by atoms with Crippen LogP contribution in [0.4, 0.5) is 0 Å².